The van der Waals surface area contributed by atoms with Crippen LogP contribution in [0.4, 0.5) is 19.0 Å². The molecule has 4 heterocycles. The molecule has 1 saturated heterocycles. The second-order valence-corrected chi connectivity index (χ2v) is 16.4. The van der Waals surface area contributed by atoms with Crippen molar-refractivity contribution in [1.82, 2.24) is 24.3 Å². The number of aromatic nitrogens is 3. The number of hydrogen-bond donors (Lipinski definition) is 1. The van der Waals surface area contributed by atoms with Gasteiger partial charge in [0, 0.05) is 65.6 Å². The molecule has 6 aliphatic rings. The van der Waals surface area contributed by atoms with Crippen LogP contribution < -0.4 is 5.32 Å². The van der Waals surface area contributed by atoms with Gasteiger partial charge in [-0.25, -0.2) is 9.97 Å². The second kappa shape index (κ2) is 10.6. The summed E-state index contributed by atoms with van der Waals surface area (Å²) in [4.78, 5) is 14.8. The SMILES string of the molecule is Cc1c(CN2CCC(Nc3ncnc4sc(CC(F)(F)F)cc34)CC2)ccc2c1cc(C#N)n2CC12CC(N(C3CC3)C3CC3)(C1)C2. The minimum atomic E-state index is -4.24. The highest BCUT2D eigenvalue weighted by molar-refractivity contribution is 7.18. The van der Waals surface area contributed by atoms with Crippen LogP contribution in [0, 0.1) is 23.7 Å². The average Bonchev–Trinajstić information content (AvgIpc) is 3.93. The first-order chi connectivity index (χ1) is 22.6. The first-order valence-electron chi connectivity index (χ1n) is 17.2. The molecule has 2 bridgehead atoms. The third-order valence-corrected chi connectivity index (χ3v) is 12.7. The largest absolute Gasteiger partial charge is 0.393 e. The summed E-state index contributed by atoms with van der Waals surface area (Å²) in [5, 5.41) is 15.5. The molecule has 6 fully saturated rings. The lowest BCUT2D eigenvalue weighted by Gasteiger charge is -2.74. The number of nitriles is 1. The molecule has 0 unspecified atom stereocenters. The van der Waals surface area contributed by atoms with E-state index in [0.717, 1.165) is 68.1 Å². The Labute approximate surface area is 276 Å². The summed E-state index contributed by atoms with van der Waals surface area (Å²) >= 11 is 1.08. The summed E-state index contributed by atoms with van der Waals surface area (Å²) in [5.74, 6) is 0.620. The number of hydrogen-bond acceptors (Lipinski definition) is 7. The van der Waals surface area contributed by atoms with Crippen LogP contribution >= 0.6 is 11.3 Å². The molecule has 1 N–H and O–H groups in total. The van der Waals surface area contributed by atoms with Crippen LogP contribution in [0.3, 0.4) is 0 Å². The van der Waals surface area contributed by atoms with Gasteiger partial charge in [0.1, 0.15) is 28.7 Å². The molecule has 3 aromatic heterocycles. The molecule has 5 aliphatic carbocycles. The van der Waals surface area contributed by atoms with Crippen molar-refractivity contribution in [1.29, 1.82) is 5.26 Å². The lowest BCUT2D eigenvalue weighted by molar-refractivity contribution is -0.232. The monoisotopic (exact) mass is 659 g/mol. The standard InChI is InChI=1S/C36H40F3N7S/c1-22-23(16-44-10-8-24(9-11-44)43-32-30-13-28(14-36(37,38)39)47-33(30)42-21-41-32)2-7-31-29(22)12-27(15-40)45(31)20-34-17-35(18-34,19-34)46(25-3-4-25)26-5-6-26/h2,7,12-13,21,24-26H,3-6,8-11,14,16-20H2,1H3,(H,41,42,43). The van der Waals surface area contributed by atoms with E-state index >= 15 is 0 Å². The number of aryl methyl sites for hydroxylation is 1. The Hall–Kier alpha value is -3.20. The summed E-state index contributed by atoms with van der Waals surface area (Å²) in [7, 11) is 0. The molecule has 5 saturated carbocycles. The molecule has 47 heavy (non-hydrogen) atoms. The van der Waals surface area contributed by atoms with Gasteiger partial charge in [-0.05, 0) is 99.5 Å². The zero-order valence-electron chi connectivity index (χ0n) is 26.7. The fourth-order valence-electron chi connectivity index (χ4n) is 9.42. The molecule has 1 aliphatic heterocycles. The van der Waals surface area contributed by atoms with Crippen LogP contribution in [0.15, 0.2) is 30.6 Å². The molecule has 1 aromatic carbocycles. The Balaban J connectivity index is 0.847. The summed E-state index contributed by atoms with van der Waals surface area (Å²) in [6.45, 7) is 5.84. The summed E-state index contributed by atoms with van der Waals surface area (Å²) in [6.07, 6.45) is 7.55. The number of fused-ring (bicyclic) bond motifs is 2. The van der Waals surface area contributed by atoms with Gasteiger partial charge in [-0.15, -0.1) is 11.3 Å². The third kappa shape index (κ3) is 5.31. The van der Waals surface area contributed by atoms with E-state index in [-0.39, 0.29) is 10.9 Å². The van der Waals surface area contributed by atoms with Gasteiger partial charge in [0.2, 0.25) is 0 Å². The number of alkyl halides is 3. The van der Waals surface area contributed by atoms with E-state index in [4.69, 9.17) is 0 Å². The Morgan fingerprint density at radius 2 is 1.74 bits per heavy atom. The van der Waals surface area contributed by atoms with Crippen LogP contribution in [-0.2, 0) is 19.5 Å². The molecule has 0 spiro atoms. The number of thiophene rings is 1. The van der Waals surface area contributed by atoms with Gasteiger partial charge in [0.05, 0.1) is 11.8 Å². The molecule has 246 valence electrons. The number of nitrogens with zero attached hydrogens (tertiary/aromatic N) is 6. The van der Waals surface area contributed by atoms with E-state index in [0.29, 0.717) is 27.0 Å². The van der Waals surface area contributed by atoms with E-state index in [2.05, 4.69) is 60.8 Å². The smallest absolute Gasteiger partial charge is 0.367 e. The molecule has 0 amide bonds. The fraction of sp³-hybridized carbons (Fsp3) is 0.583. The molecule has 11 heteroatoms. The maximum absolute atomic E-state index is 13.0. The van der Waals surface area contributed by atoms with Crippen molar-refractivity contribution in [2.24, 2.45) is 5.41 Å². The number of halogens is 3. The predicted molar refractivity (Wildman–Crippen MR) is 177 cm³/mol. The topological polar surface area (TPSA) is 73.0 Å². The maximum atomic E-state index is 13.0. The number of nitrogens with one attached hydrogen (secondary N) is 1. The molecule has 0 radical (unpaired) electrons. The summed E-state index contributed by atoms with van der Waals surface area (Å²) in [6, 6.07) is 12.6. The quantitative estimate of drug-likeness (QED) is 0.190. The van der Waals surface area contributed by atoms with Crippen molar-refractivity contribution >= 4 is 38.3 Å². The van der Waals surface area contributed by atoms with Gasteiger partial charge in [0.15, 0.2) is 0 Å². The predicted octanol–water partition coefficient (Wildman–Crippen LogP) is 7.56. The molecule has 0 atom stereocenters. The third-order valence-electron chi connectivity index (χ3n) is 11.7. The Kier molecular flexibility index (Phi) is 6.78. The van der Waals surface area contributed by atoms with Crippen LogP contribution in [0.5, 0.6) is 0 Å². The molecular weight excluding hydrogens is 620 g/mol. The normalized spacial score (nSPS) is 26.5. The molecule has 7 nitrogen and oxygen atoms in total. The van der Waals surface area contributed by atoms with Crippen LogP contribution in [0.1, 0.15) is 79.5 Å². The number of rotatable bonds is 10. The zero-order valence-corrected chi connectivity index (χ0v) is 27.6. The van der Waals surface area contributed by atoms with Gasteiger partial charge in [-0.2, -0.15) is 18.4 Å². The van der Waals surface area contributed by atoms with Crippen molar-refractivity contribution in [2.45, 2.75) is 114 Å². The number of anilines is 1. The molecule has 4 aromatic rings. The minimum absolute atomic E-state index is 0.197. The number of benzene rings is 1. The first-order valence-corrected chi connectivity index (χ1v) is 18.0. The second-order valence-electron chi connectivity index (χ2n) is 15.3. The van der Waals surface area contributed by atoms with Crippen LogP contribution in [-0.4, -0.2) is 67.3 Å². The highest BCUT2D eigenvalue weighted by atomic mass is 32.1. The average molecular weight is 660 g/mol. The van der Waals surface area contributed by atoms with E-state index in [9.17, 15) is 18.4 Å². The fourth-order valence-corrected chi connectivity index (χ4v) is 10.5. The van der Waals surface area contributed by atoms with Gasteiger partial charge in [-0.3, -0.25) is 9.80 Å². The van der Waals surface area contributed by atoms with E-state index in [1.807, 2.05) is 0 Å². The van der Waals surface area contributed by atoms with Crippen molar-refractivity contribution in [3.63, 3.8) is 0 Å². The lowest BCUT2D eigenvalue weighted by Crippen LogP contribution is -2.76. The van der Waals surface area contributed by atoms with Crippen molar-refractivity contribution in [2.75, 3.05) is 18.4 Å². The van der Waals surface area contributed by atoms with Gasteiger partial charge < -0.3 is 9.88 Å². The van der Waals surface area contributed by atoms with Crippen LogP contribution in [0.2, 0.25) is 0 Å². The maximum Gasteiger partial charge on any atom is 0.393 e. The first kappa shape index (κ1) is 29.9. The minimum Gasteiger partial charge on any atom is -0.367 e. The highest BCUT2D eigenvalue weighted by Gasteiger charge is 2.72. The zero-order chi connectivity index (χ0) is 32.1. The highest BCUT2D eigenvalue weighted by Crippen LogP contribution is 2.73. The van der Waals surface area contributed by atoms with Gasteiger partial charge in [0.25, 0.3) is 0 Å². The number of piperidine rings is 1. The number of likely N-dealkylation sites (tertiary alicyclic amines) is 1. The van der Waals surface area contributed by atoms with Crippen LogP contribution in [0.25, 0.3) is 21.1 Å². The van der Waals surface area contributed by atoms with Gasteiger partial charge in [-0.1, -0.05) is 6.07 Å². The molecular formula is C36H40F3N7S. The van der Waals surface area contributed by atoms with E-state index in [1.54, 1.807) is 6.07 Å². The van der Waals surface area contributed by atoms with Gasteiger partial charge >= 0.3 is 6.18 Å². The van der Waals surface area contributed by atoms with Crippen molar-refractivity contribution < 1.29 is 13.2 Å². The summed E-state index contributed by atoms with van der Waals surface area (Å²) < 4.78 is 41.2. The Morgan fingerprint density at radius 3 is 2.40 bits per heavy atom. The molecule has 10 rings (SSSR count). The van der Waals surface area contributed by atoms with Crippen molar-refractivity contribution in [3.8, 4) is 6.07 Å². The van der Waals surface area contributed by atoms with E-state index in [1.165, 1.54) is 73.3 Å². The lowest BCUT2D eigenvalue weighted by atomic mass is 9.38. The van der Waals surface area contributed by atoms with Crippen molar-refractivity contribution in [3.05, 3.63) is 52.3 Å². The Morgan fingerprint density at radius 1 is 1.02 bits per heavy atom. The van der Waals surface area contributed by atoms with E-state index < -0.39 is 12.6 Å². The Bertz CT molecular complexity index is 1870. The summed E-state index contributed by atoms with van der Waals surface area (Å²) in [5.41, 5.74) is 5.35.